The summed E-state index contributed by atoms with van der Waals surface area (Å²) in [5.41, 5.74) is 3.18. The van der Waals surface area contributed by atoms with Crippen molar-refractivity contribution >= 4 is 24.8 Å². The SMILES string of the molecule is CCCCC1=[C-]C(CCCC)C=C1CCCC.C[CH-]N(C)C.Cl.Cl.[Ti+2]. The fraction of sp³-hybridized carbons (Fsp3) is 0.762. The Hall–Kier alpha value is 0.734. The van der Waals surface area contributed by atoms with Gasteiger partial charge in [0.25, 0.3) is 0 Å². The Kier molecular flexibility index (Phi) is 30.4. The maximum absolute atomic E-state index is 3.74. The molecule has 25 heavy (non-hydrogen) atoms. The Labute approximate surface area is 186 Å². The van der Waals surface area contributed by atoms with Gasteiger partial charge in [-0.3, -0.25) is 12.6 Å². The van der Waals surface area contributed by atoms with Gasteiger partial charge in [-0.05, 0) is 14.1 Å². The second-order valence-electron chi connectivity index (χ2n) is 6.49. The monoisotopic (exact) mass is 425 g/mol. The number of hydrogen-bond acceptors (Lipinski definition) is 1. The van der Waals surface area contributed by atoms with Crippen LogP contribution in [0.5, 0.6) is 0 Å². The number of halogens is 2. The molecule has 0 spiro atoms. The summed E-state index contributed by atoms with van der Waals surface area (Å²) in [5.74, 6) is 0.633. The molecule has 148 valence electrons. The minimum Gasteiger partial charge on any atom is -0.462 e. The Morgan fingerprint density at radius 2 is 1.44 bits per heavy atom. The van der Waals surface area contributed by atoms with E-state index in [1.807, 2.05) is 32.5 Å². The van der Waals surface area contributed by atoms with Crippen LogP contribution in [0.15, 0.2) is 17.2 Å². The van der Waals surface area contributed by atoms with Crippen LogP contribution in [0.4, 0.5) is 0 Å². The first-order valence-electron chi connectivity index (χ1n) is 9.38. The molecule has 0 aliphatic heterocycles. The van der Waals surface area contributed by atoms with E-state index in [4.69, 9.17) is 0 Å². The van der Waals surface area contributed by atoms with Gasteiger partial charge < -0.3 is 4.90 Å². The van der Waals surface area contributed by atoms with Crippen molar-refractivity contribution in [3.05, 3.63) is 29.8 Å². The Morgan fingerprint density at radius 1 is 0.960 bits per heavy atom. The molecule has 0 radical (unpaired) electrons. The first-order valence-corrected chi connectivity index (χ1v) is 9.38. The van der Waals surface area contributed by atoms with Crippen LogP contribution in [0.1, 0.15) is 85.5 Å². The molecule has 0 aromatic heterocycles. The van der Waals surface area contributed by atoms with Gasteiger partial charge in [0.15, 0.2) is 0 Å². The molecule has 0 fully saturated rings. The molecule has 0 saturated heterocycles. The molecule has 0 aromatic rings. The van der Waals surface area contributed by atoms with E-state index in [0.717, 1.165) is 0 Å². The van der Waals surface area contributed by atoms with Crippen LogP contribution >= 0.6 is 24.8 Å². The number of nitrogens with zero attached hydrogens (tertiary/aromatic N) is 1. The summed E-state index contributed by atoms with van der Waals surface area (Å²) in [6.45, 7) is 10.8. The van der Waals surface area contributed by atoms with Gasteiger partial charge >= 0.3 is 21.7 Å². The molecular formula is C21H41Cl2NTi. The molecule has 0 N–H and O–H groups in total. The Bertz CT molecular complexity index is 304. The van der Waals surface area contributed by atoms with Crippen molar-refractivity contribution < 1.29 is 21.7 Å². The summed E-state index contributed by atoms with van der Waals surface area (Å²) in [7, 11) is 4.00. The van der Waals surface area contributed by atoms with Crippen molar-refractivity contribution in [3.8, 4) is 0 Å². The first kappa shape index (κ1) is 33.3. The van der Waals surface area contributed by atoms with Gasteiger partial charge in [0.2, 0.25) is 0 Å². The first-order chi connectivity index (χ1) is 10.6. The standard InChI is InChI=1S/C17H29.C4H10N.2ClH.Ti/c1-4-7-10-15-13-16(11-8-5-2)17(14-15)12-9-6-3;1-4-5(2)3;;;/h13,15H,4-12H2,1-3H3;4H,1-3H3;2*1H;/q2*-1;;;+2. The summed E-state index contributed by atoms with van der Waals surface area (Å²) in [5, 5.41) is 0. The molecule has 1 rings (SSSR count). The minimum absolute atomic E-state index is 0. The third-order valence-corrected chi connectivity index (χ3v) is 4.11. The van der Waals surface area contributed by atoms with Crippen molar-refractivity contribution in [2.45, 2.75) is 85.5 Å². The van der Waals surface area contributed by atoms with E-state index in [2.05, 4.69) is 32.9 Å². The van der Waals surface area contributed by atoms with E-state index in [1.54, 1.807) is 11.1 Å². The van der Waals surface area contributed by atoms with Gasteiger partial charge in [-0.15, -0.1) is 24.8 Å². The van der Waals surface area contributed by atoms with Crippen LogP contribution in [0.3, 0.4) is 0 Å². The van der Waals surface area contributed by atoms with E-state index in [1.165, 1.54) is 57.8 Å². The number of hydrogen-bond donors (Lipinski definition) is 0. The van der Waals surface area contributed by atoms with Gasteiger partial charge in [0, 0.05) is 0 Å². The van der Waals surface area contributed by atoms with Crippen LogP contribution in [-0.4, -0.2) is 19.0 Å². The number of unbranched alkanes of at least 4 members (excludes halogenated alkanes) is 3. The third kappa shape index (κ3) is 17.9. The van der Waals surface area contributed by atoms with Crippen LogP contribution in [0.25, 0.3) is 0 Å². The van der Waals surface area contributed by atoms with Crippen LogP contribution in [-0.2, 0) is 21.7 Å². The third-order valence-electron chi connectivity index (χ3n) is 4.11. The zero-order chi connectivity index (χ0) is 16.8. The predicted molar refractivity (Wildman–Crippen MR) is 115 cm³/mol. The van der Waals surface area contributed by atoms with Gasteiger partial charge in [-0.2, -0.15) is 18.6 Å². The summed E-state index contributed by atoms with van der Waals surface area (Å²) in [4.78, 5) is 2.00. The largest absolute Gasteiger partial charge is 2.00 e. The van der Waals surface area contributed by atoms with E-state index in [-0.39, 0.29) is 46.5 Å². The average Bonchev–Trinajstić information content (AvgIpc) is 2.91. The minimum atomic E-state index is 0. The van der Waals surface area contributed by atoms with Crippen LogP contribution in [0, 0.1) is 18.5 Å². The molecule has 0 heterocycles. The molecule has 1 nitrogen and oxygen atoms in total. The van der Waals surface area contributed by atoms with Gasteiger partial charge in [-0.1, -0.05) is 84.5 Å². The van der Waals surface area contributed by atoms with Crippen molar-refractivity contribution in [1.29, 1.82) is 0 Å². The topological polar surface area (TPSA) is 3.24 Å². The molecule has 1 unspecified atom stereocenters. The smallest absolute Gasteiger partial charge is 0.462 e. The number of rotatable bonds is 10. The fourth-order valence-electron chi connectivity index (χ4n) is 2.47. The molecule has 1 atom stereocenters. The fourth-order valence-corrected chi connectivity index (χ4v) is 2.47. The predicted octanol–water partition coefficient (Wildman–Crippen LogP) is 7.41. The second kappa shape index (κ2) is 22.8. The van der Waals surface area contributed by atoms with E-state index < -0.39 is 0 Å². The molecule has 1 aliphatic rings. The number of allylic oxidation sites excluding steroid dienone is 4. The normalized spacial score (nSPS) is 15.1. The summed E-state index contributed by atoms with van der Waals surface area (Å²) < 4.78 is 0. The molecule has 0 aromatic carbocycles. The quantitative estimate of drug-likeness (QED) is 0.260. The summed E-state index contributed by atoms with van der Waals surface area (Å²) in [6, 6.07) is 0. The molecule has 0 amide bonds. The summed E-state index contributed by atoms with van der Waals surface area (Å²) in [6.07, 6.45) is 18.0. The van der Waals surface area contributed by atoms with Crippen LogP contribution < -0.4 is 0 Å². The molecule has 0 bridgehead atoms. The summed E-state index contributed by atoms with van der Waals surface area (Å²) >= 11 is 0. The zero-order valence-electron chi connectivity index (χ0n) is 17.4. The molecule has 1 aliphatic carbocycles. The van der Waals surface area contributed by atoms with E-state index >= 15 is 0 Å². The van der Waals surface area contributed by atoms with Crippen molar-refractivity contribution in [2.24, 2.45) is 5.92 Å². The van der Waals surface area contributed by atoms with Crippen molar-refractivity contribution in [2.75, 3.05) is 14.1 Å². The molecule has 4 heteroatoms. The van der Waals surface area contributed by atoms with E-state index in [0.29, 0.717) is 5.92 Å². The zero-order valence-corrected chi connectivity index (χ0v) is 20.6. The second-order valence-corrected chi connectivity index (χ2v) is 6.49. The molecule has 0 saturated carbocycles. The van der Waals surface area contributed by atoms with Gasteiger partial charge in [0.1, 0.15) is 0 Å². The van der Waals surface area contributed by atoms with Crippen molar-refractivity contribution in [3.63, 3.8) is 0 Å². The Morgan fingerprint density at radius 3 is 1.88 bits per heavy atom. The van der Waals surface area contributed by atoms with E-state index in [9.17, 15) is 0 Å². The Balaban J connectivity index is -0.000000244. The van der Waals surface area contributed by atoms with Gasteiger partial charge in [-0.25, -0.2) is 5.57 Å². The maximum Gasteiger partial charge on any atom is 2.00 e. The average molecular weight is 426 g/mol. The van der Waals surface area contributed by atoms with Crippen molar-refractivity contribution in [1.82, 2.24) is 4.90 Å². The van der Waals surface area contributed by atoms with Crippen LogP contribution in [0.2, 0.25) is 0 Å². The maximum atomic E-state index is 3.74. The van der Waals surface area contributed by atoms with Gasteiger partial charge in [0.05, 0.1) is 0 Å². The molecular weight excluding hydrogens is 385 g/mol.